The molecule has 0 aliphatic rings. The summed E-state index contributed by atoms with van der Waals surface area (Å²) in [6.07, 6.45) is 0.246. The molecule has 0 fully saturated rings. The fourth-order valence-corrected chi connectivity index (χ4v) is 3.70. The highest BCUT2D eigenvalue weighted by molar-refractivity contribution is 5.73. The van der Waals surface area contributed by atoms with E-state index in [9.17, 15) is 19.5 Å². The standard InChI is InChI=1S/C26H41N5O6/c1-16(2)21(27-25(34)29(6)7)14-31-24(33)20(18(5)28-37-17(3)4)13-30(26(31)35)15-22(32)19-11-9-10-12-23(19)36-8/h9-13,16-18,21-22,28,32H,14-15H2,1-8H3,(H,27,34)/t18?,21-,22?/m1/s1. The number of aliphatic hydroxyl groups is 1. The number of nitrogens with zero attached hydrogens (tertiary/aromatic N) is 3. The molecule has 3 atom stereocenters. The second-order valence-electron chi connectivity index (χ2n) is 9.89. The number of hydroxylamine groups is 1. The predicted octanol–water partition coefficient (Wildman–Crippen LogP) is 2.04. The van der Waals surface area contributed by atoms with Gasteiger partial charge in [0.15, 0.2) is 0 Å². The van der Waals surface area contributed by atoms with Crippen molar-refractivity contribution in [3.05, 3.63) is 62.4 Å². The number of urea groups is 1. The first-order chi connectivity index (χ1) is 17.4. The molecule has 0 aliphatic carbocycles. The van der Waals surface area contributed by atoms with E-state index in [4.69, 9.17) is 9.57 Å². The predicted molar refractivity (Wildman–Crippen MR) is 142 cm³/mol. The molecule has 0 radical (unpaired) electrons. The molecule has 0 saturated carbocycles. The number of methoxy groups -OCH3 is 1. The maximum atomic E-state index is 13.5. The number of amides is 2. The fraction of sp³-hybridized carbons (Fsp3) is 0.577. The van der Waals surface area contributed by atoms with Crippen LogP contribution in [0, 0.1) is 5.92 Å². The minimum atomic E-state index is -1.07. The van der Waals surface area contributed by atoms with Gasteiger partial charge in [0.25, 0.3) is 5.56 Å². The number of rotatable bonds is 12. The van der Waals surface area contributed by atoms with E-state index in [1.165, 1.54) is 22.8 Å². The zero-order chi connectivity index (χ0) is 27.9. The van der Waals surface area contributed by atoms with Crippen molar-refractivity contribution in [2.45, 2.75) is 72.0 Å². The number of hydrogen-bond acceptors (Lipinski definition) is 7. The van der Waals surface area contributed by atoms with E-state index < -0.39 is 29.4 Å². The quantitative estimate of drug-likeness (QED) is 0.366. The average molecular weight is 520 g/mol. The Bertz CT molecular complexity index is 1160. The van der Waals surface area contributed by atoms with Gasteiger partial charge in [0.2, 0.25) is 0 Å². The van der Waals surface area contributed by atoms with Gasteiger partial charge in [-0.15, -0.1) is 0 Å². The van der Waals surface area contributed by atoms with Gasteiger partial charge >= 0.3 is 11.7 Å². The monoisotopic (exact) mass is 519 g/mol. The number of para-hydroxylation sites is 1. The maximum absolute atomic E-state index is 13.5. The number of carbonyl (C=O) groups excluding carboxylic acids is 1. The van der Waals surface area contributed by atoms with Gasteiger partial charge < -0.3 is 20.1 Å². The zero-order valence-corrected chi connectivity index (χ0v) is 23.0. The fourth-order valence-electron chi connectivity index (χ4n) is 3.70. The second-order valence-corrected chi connectivity index (χ2v) is 9.89. The van der Waals surface area contributed by atoms with Crippen LogP contribution in [0.3, 0.4) is 0 Å². The number of aromatic nitrogens is 2. The number of ether oxygens (including phenoxy) is 1. The first-order valence-corrected chi connectivity index (χ1v) is 12.4. The molecule has 0 aliphatic heterocycles. The van der Waals surface area contributed by atoms with Gasteiger partial charge in [0.05, 0.1) is 44.0 Å². The summed E-state index contributed by atoms with van der Waals surface area (Å²) in [7, 11) is 4.74. The molecule has 1 aromatic carbocycles. The molecule has 0 bridgehead atoms. The molecular formula is C26H41N5O6. The van der Waals surface area contributed by atoms with Crippen LogP contribution in [-0.2, 0) is 17.9 Å². The van der Waals surface area contributed by atoms with E-state index in [0.717, 1.165) is 4.57 Å². The van der Waals surface area contributed by atoms with Crippen molar-refractivity contribution >= 4 is 6.03 Å². The van der Waals surface area contributed by atoms with Crippen LogP contribution in [0.2, 0.25) is 0 Å². The van der Waals surface area contributed by atoms with Crippen LogP contribution in [0.1, 0.15) is 57.9 Å². The summed E-state index contributed by atoms with van der Waals surface area (Å²) >= 11 is 0. The summed E-state index contributed by atoms with van der Waals surface area (Å²) in [6.45, 7) is 9.11. The molecule has 0 spiro atoms. The lowest BCUT2D eigenvalue weighted by Gasteiger charge is -2.26. The third-order valence-corrected chi connectivity index (χ3v) is 5.98. The van der Waals surface area contributed by atoms with Gasteiger partial charge in [0, 0.05) is 25.9 Å². The minimum Gasteiger partial charge on any atom is -0.496 e. The molecule has 2 unspecified atom stereocenters. The smallest absolute Gasteiger partial charge is 0.331 e. The first-order valence-electron chi connectivity index (χ1n) is 12.4. The largest absolute Gasteiger partial charge is 0.496 e. The SMILES string of the molecule is COc1ccccc1C(O)Cn1cc(C(C)NOC(C)C)c(=O)n(C[C@@H](NC(=O)N(C)C)C(C)C)c1=O. The number of aliphatic hydroxyl groups excluding tert-OH is 1. The minimum absolute atomic E-state index is 0.0364. The summed E-state index contributed by atoms with van der Waals surface area (Å²) in [5.41, 5.74) is 2.57. The van der Waals surface area contributed by atoms with Crippen molar-refractivity contribution in [2.24, 2.45) is 5.92 Å². The van der Waals surface area contributed by atoms with E-state index in [1.807, 2.05) is 27.7 Å². The summed E-state index contributed by atoms with van der Waals surface area (Å²) < 4.78 is 7.78. The molecular weight excluding hydrogens is 478 g/mol. The van der Waals surface area contributed by atoms with Crippen LogP contribution >= 0.6 is 0 Å². The van der Waals surface area contributed by atoms with Crippen LogP contribution in [-0.4, -0.2) is 58.5 Å². The Labute approximate surface area is 218 Å². The topological polar surface area (TPSA) is 127 Å². The van der Waals surface area contributed by atoms with Gasteiger partial charge in [-0.2, -0.15) is 5.48 Å². The summed E-state index contributed by atoms with van der Waals surface area (Å²) in [6, 6.07) is 5.64. The van der Waals surface area contributed by atoms with Crippen molar-refractivity contribution in [3.8, 4) is 5.75 Å². The Morgan fingerprint density at radius 3 is 2.27 bits per heavy atom. The van der Waals surface area contributed by atoms with E-state index in [-0.39, 0.29) is 36.7 Å². The Morgan fingerprint density at radius 1 is 1.05 bits per heavy atom. The van der Waals surface area contributed by atoms with Gasteiger partial charge in [-0.05, 0) is 32.8 Å². The molecule has 2 amide bonds. The highest BCUT2D eigenvalue weighted by Crippen LogP contribution is 2.25. The average Bonchev–Trinajstić information content (AvgIpc) is 2.85. The van der Waals surface area contributed by atoms with E-state index in [1.54, 1.807) is 45.3 Å². The molecule has 0 saturated heterocycles. The number of nitrogens with one attached hydrogen (secondary N) is 2. The molecule has 1 aromatic heterocycles. The first kappa shape index (κ1) is 30.1. The second kappa shape index (κ2) is 13.4. The molecule has 206 valence electrons. The molecule has 11 nitrogen and oxygen atoms in total. The molecule has 1 heterocycles. The lowest BCUT2D eigenvalue weighted by molar-refractivity contribution is -0.0236. The lowest BCUT2D eigenvalue weighted by Crippen LogP contribution is -2.51. The Morgan fingerprint density at radius 2 is 1.70 bits per heavy atom. The van der Waals surface area contributed by atoms with Crippen LogP contribution < -0.4 is 26.8 Å². The number of benzene rings is 1. The molecule has 3 N–H and O–H groups in total. The van der Waals surface area contributed by atoms with Crippen molar-refractivity contribution in [1.29, 1.82) is 0 Å². The van der Waals surface area contributed by atoms with Crippen molar-refractivity contribution in [1.82, 2.24) is 24.8 Å². The van der Waals surface area contributed by atoms with Gasteiger partial charge in [-0.25, -0.2) is 9.59 Å². The summed E-state index contributed by atoms with van der Waals surface area (Å²) in [5, 5.41) is 13.9. The van der Waals surface area contributed by atoms with Gasteiger partial charge in [0.1, 0.15) is 11.9 Å². The molecule has 2 aromatic rings. The highest BCUT2D eigenvalue weighted by atomic mass is 16.7. The van der Waals surface area contributed by atoms with E-state index in [0.29, 0.717) is 11.3 Å². The molecule has 2 rings (SSSR count). The molecule has 37 heavy (non-hydrogen) atoms. The van der Waals surface area contributed by atoms with E-state index in [2.05, 4.69) is 10.8 Å². The third-order valence-electron chi connectivity index (χ3n) is 5.98. The van der Waals surface area contributed by atoms with Gasteiger partial charge in [-0.1, -0.05) is 32.0 Å². The third kappa shape index (κ3) is 7.91. The van der Waals surface area contributed by atoms with Crippen molar-refractivity contribution < 1.29 is 19.5 Å². The Hall–Kier alpha value is -3.15. The summed E-state index contributed by atoms with van der Waals surface area (Å²) in [4.78, 5) is 46.3. The normalized spacial score (nSPS) is 13.9. The highest BCUT2D eigenvalue weighted by Gasteiger charge is 2.24. The number of carbonyl (C=O) groups is 1. The summed E-state index contributed by atoms with van der Waals surface area (Å²) in [5.74, 6) is 0.425. The number of hydrogen-bond donors (Lipinski definition) is 3. The maximum Gasteiger partial charge on any atom is 0.331 e. The van der Waals surface area contributed by atoms with Gasteiger partial charge in [-0.3, -0.25) is 18.8 Å². The van der Waals surface area contributed by atoms with Crippen LogP contribution in [0.25, 0.3) is 0 Å². The molecule has 11 heteroatoms. The lowest BCUT2D eigenvalue weighted by atomic mass is 10.0. The van der Waals surface area contributed by atoms with Crippen LogP contribution in [0.15, 0.2) is 40.1 Å². The van der Waals surface area contributed by atoms with Crippen molar-refractivity contribution in [2.75, 3.05) is 21.2 Å². The Balaban J connectivity index is 2.57. The van der Waals surface area contributed by atoms with Crippen LogP contribution in [0.4, 0.5) is 4.79 Å². The van der Waals surface area contributed by atoms with Crippen LogP contribution in [0.5, 0.6) is 5.75 Å². The van der Waals surface area contributed by atoms with Crippen molar-refractivity contribution in [3.63, 3.8) is 0 Å². The van der Waals surface area contributed by atoms with E-state index >= 15 is 0 Å². The zero-order valence-electron chi connectivity index (χ0n) is 23.0. The Kier molecular flexibility index (Phi) is 10.9.